The molecule has 0 amide bonds. The molecule has 0 spiro atoms. The Labute approximate surface area is 109 Å². The fraction of sp³-hybridized carbons (Fsp3) is 0.273. The molecule has 6 heteroatoms. The lowest BCUT2D eigenvalue weighted by Crippen LogP contribution is -2.19. The lowest BCUT2D eigenvalue weighted by atomic mass is 10.2. The van der Waals surface area contributed by atoms with E-state index in [1.54, 1.807) is 6.07 Å². The summed E-state index contributed by atoms with van der Waals surface area (Å²) in [5.41, 5.74) is 0.963. The summed E-state index contributed by atoms with van der Waals surface area (Å²) >= 11 is 12.0. The lowest BCUT2D eigenvalue weighted by molar-refractivity contribution is 0.548. The van der Waals surface area contributed by atoms with Crippen LogP contribution in [0.1, 0.15) is 24.4 Å². The first-order valence-electron chi connectivity index (χ1n) is 5.20. The lowest BCUT2D eigenvalue weighted by Gasteiger charge is -2.12. The highest BCUT2D eigenvalue weighted by Crippen LogP contribution is 2.25. The molecule has 0 saturated carbocycles. The minimum absolute atomic E-state index is 0.0764. The molecule has 90 valence electrons. The van der Waals surface area contributed by atoms with Gasteiger partial charge < -0.3 is 5.32 Å². The number of rotatable bonds is 4. The molecule has 0 saturated heterocycles. The summed E-state index contributed by atoms with van der Waals surface area (Å²) in [6, 6.07) is 5.67. The van der Waals surface area contributed by atoms with Crippen molar-refractivity contribution in [2.75, 3.05) is 0 Å². The SMILES string of the molecule is CC(NCc1cccc(Cl)c1Cl)c1ncn[nH]1. The van der Waals surface area contributed by atoms with Crippen molar-refractivity contribution in [1.82, 2.24) is 20.5 Å². The van der Waals surface area contributed by atoms with Gasteiger partial charge in [0.15, 0.2) is 0 Å². The third-order valence-corrected chi connectivity index (χ3v) is 3.33. The summed E-state index contributed by atoms with van der Waals surface area (Å²) in [6.07, 6.45) is 1.49. The van der Waals surface area contributed by atoms with E-state index in [0.29, 0.717) is 16.6 Å². The molecule has 0 fully saturated rings. The molecule has 1 aromatic heterocycles. The van der Waals surface area contributed by atoms with Gasteiger partial charge in [0.05, 0.1) is 16.1 Å². The molecular weight excluding hydrogens is 259 g/mol. The number of hydrogen-bond acceptors (Lipinski definition) is 3. The van der Waals surface area contributed by atoms with Crippen molar-refractivity contribution in [3.05, 3.63) is 46.0 Å². The van der Waals surface area contributed by atoms with Crippen molar-refractivity contribution < 1.29 is 0 Å². The molecule has 2 rings (SSSR count). The summed E-state index contributed by atoms with van der Waals surface area (Å²) in [6.45, 7) is 2.63. The third kappa shape index (κ3) is 2.97. The molecule has 1 aromatic carbocycles. The van der Waals surface area contributed by atoms with Crippen LogP contribution in [-0.4, -0.2) is 15.2 Å². The van der Waals surface area contributed by atoms with Gasteiger partial charge in [-0.3, -0.25) is 5.10 Å². The number of aromatic amines is 1. The number of hydrogen-bond donors (Lipinski definition) is 2. The first-order chi connectivity index (χ1) is 8.18. The fourth-order valence-electron chi connectivity index (χ4n) is 1.47. The highest BCUT2D eigenvalue weighted by atomic mass is 35.5. The highest BCUT2D eigenvalue weighted by molar-refractivity contribution is 6.42. The van der Waals surface area contributed by atoms with Gasteiger partial charge in [0.25, 0.3) is 0 Å². The van der Waals surface area contributed by atoms with Crippen molar-refractivity contribution in [3.63, 3.8) is 0 Å². The van der Waals surface area contributed by atoms with Crippen LogP contribution >= 0.6 is 23.2 Å². The second-order valence-electron chi connectivity index (χ2n) is 3.69. The van der Waals surface area contributed by atoms with Crippen LogP contribution < -0.4 is 5.32 Å². The molecule has 0 radical (unpaired) electrons. The zero-order valence-electron chi connectivity index (χ0n) is 9.24. The van der Waals surface area contributed by atoms with E-state index in [0.717, 1.165) is 11.4 Å². The van der Waals surface area contributed by atoms with Gasteiger partial charge in [0.2, 0.25) is 0 Å². The molecule has 0 aliphatic heterocycles. The standard InChI is InChI=1S/C11H12Cl2N4/c1-7(11-15-6-16-17-11)14-5-8-3-2-4-9(12)10(8)13/h2-4,6-7,14H,5H2,1H3,(H,15,16,17). The van der Waals surface area contributed by atoms with E-state index in [2.05, 4.69) is 20.5 Å². The van der Waals surface area contributed by atoms with Gasteiger partial charge >= 0.3 is 0 Å². The van der Waals surface area contributed by atoms with Crippen LogP contribution in [0.2, 0.25) is 10.0 Å². The van der Waals surface area contributed by atoms with Gasteiger partial charge in [0.1, 0.15) is 12.2 Å². The molecule has 1 heterocycles. The molecule has 4 nitrogen and oxygen atoms in total. The molecular formula is C11H12Cl2N4. The zero-order valence-corrected chi connectivity index (χ0v) is 10.8. The topological polar surface area (TPSA) is 53.6 Å². The minimum Gasteiger partial charge on any atom is -0.303 e. The minimum atomic E-state index is 0.0764. The Bertz CT molecular complexity index is 484. The van der Waals surface area contributed by atoms with Gasteiger partial charge in [-0.15, -0.1) is 0 Å². The van der Waals surface area contributed by atoms with E-state index in [-0.39, 0.29) is 6.04 Å². The fourth-order valence-corrected chi connectivity index (χ4v) is 1.86. The molecule has 1 unspecified atom stereocenters. The molecule has 0 aliphatic carbocycles. The van der Waals surface area contributed by atoms with Crippen LogP contribution in [0.15, 0.2) is 24.5 Å². The van der Waals surface area contributed by atoms with E-state index in [4.69, 9.17) is 23.2 Å². The van der Waals surface area contributed by atoms with E-state index < -0.39 is 0 Å². The Kier molecular flexibility index (Phi) is 3.99. The maximum atomic E-state index is 6.09. The van der Waals surface area contributed by atoms with Gasteiger partial charge in [-0.2, -0.15) is 5.10 Å². The molecule has 0 aliphatic rings. The molecule has 17 heavy (non-hydrogen) atoms. The summed E-state index contributed by atoms with van der Waals surface area (Å²) in [5, 5.41) is 11.1. The third-order valence-electron chi connectivity index (χ3n) is 2.47. The van der Waals surface area contributed by atoms with Gasteiger partial charge in [-0.05, 0) is 18.6 Å². The first-order valence-corrected chi connectivity index (χ1v) is 5.95. The largest absolute Gasteiger partial charge is 0.303 e. The van der Waals surface area contributed by atoms with Crippen LogP contribution in [0.4, 0.5) is 0 Å². The smallest absolute Gasteiger partial charge is 0.141 e. The Balaban J connectivity index is 2.00. The number of nitrogens with one attached hydrogen (secondary N) is 2. The Morgan fingerprint density at radius 1 is 1.41 bits per heavy atom. The normalized spacial score (nSPS) is 12.6. The maximum absolute atomic E-state index is 6.09. The number of benzene rings is 1. The average Bonchev–Trinajstić information content (AvgIpc) is 2.84. The Morgan fingerprint density at radius 3 is 2.94 bits per heavy atom. The van der Waals surface area contributed by atoms with Crippen molar-refractivity contribution >= 4 is 23.2 Å². The number of halogens is 2. The van der Waals surface area contributed by atoms with Crippen molar-refractivity contribution in [2.45, 2.75) is 19.5 Å². The summed E-state index contributed by atoms with van der Waals surface area (Å²) in [7, 11) is 0. The maximum Gasteiger partial charge on any atom is 0.141 e. The van der Waals surface area contributed by atoms with Crippen molar-refractivity contribution in [2.24, 2.45) is 0 Å². The van der Waals surface area contributed by atoms with E-state index >= 15 is 0 Å². The van der Waals surface area contributed by atoms with Gasteiger partial charge in [0, 0.05) is 6.54 Å². The summed E-state index contributed by atoms with van der Waals surface area (Å²) in [5.74, 6) is 0.795. The Morgan fingerprint density at radius 2 is 2.24 bits per heavy atom. The molecule has 2 N–H and O–H groups in total. The average molecular weight is 271 g/mol. The van der Waals surface area contributed by atoms with E-state index in [1.165, 1.54) is 6.33 Å². The van der Waals surface area contributed by atoms with Crippen LogP contribution in [-0.2, 0) is 6.54 Å². The molecule has 2 aromatic rings. The monoisotopic (exact) mass is 270 g/mol. The zero-order chi connectivity index (χ0) is 12.3. The van der Waals surface area contributed by atoms with Gasteiger partial charge in [-0.1, -0.05) is 35.3 Å². The van der Waals surface area contributed by atoms with E-state index in [1.807, 2.05) is 19.1 Å². The second-order valence-corrected chi connectivity index (χ2v) is 4.47. The van der Waals surface area contributed by atoms with Crippen LogP contribution in [0, 0.1) is 0 Å². The quantitative estimate of drug-likeness (QED) is 0.898. The summed E-state index contributed by atoms with van der Waals surface area (Å²) < 4.78 is 0. The van der Waals surface area contributed by atoms with Crippen LogP contribution in [0.5, 0.6) is 0 Å². The van der Waals surface area contributed by atoms with Crippen molar-refractivity contribution in [1.29, 1.82) is 0 Å². The predicted octanol–water partition coefficient (Wildman–Crippen LogP) is 2.96. The molecule has 0 bridgehead atoms. The van der Waals surface area contributed by atoms with Crippen LogP contribution in [0.3, 0.4) is 0 Å². The van der Waals surface area contributed by atoms with Gasteiger partial charge in [-0.25, -0.2) is 4.98 Å². The number of H-pyrrole nitrogens is 1. The number of aromatic nitrogens is 3. The highest BCUT2D eigenvalue weighted by Gasteiger charge is 2.09. The first kappa shape index (κ1) is 12.4. The second kappa shape index (κ2) is 5.49. The Hall–Kier alpha value is -1.10. The number of nitrogens with zero attached hydrogens (tertiary/aromatic N) is 2. The summed E-state index contributed by atoms with van der Waals surface area (Å²) in [4.78, 5) is 4.08. The van der Waals surface area contributed by atoms with Crippen molar-refractivity contribution in [3.8, 4) is 0 Å². The molecule has 1 atom stereocenters. The predicted molar refractivity (Wildman–Crippen MR) is 68.1 cm³/mol. The van der Waals surface area contributed by atoms with E-state index in [9.17, 15) is 0 Å². The van der Waals surface area contributed by atoms with Crippen LogP contribution in [0.25, 0.3) is 0 Å².